The monoisotopic (exact) mass is 534 g/mol. The largest absolute Gasteiger partial charge is 0.504 e. The predicted octanol–water partition coefficient (Wildman–Crippen LogP) is 3.01. The van der Waals surface area contributed by atoms with Crippen molar-refractivity contribution in [3.8, 4) is 11.5 Å². The standard InChI is InChI=1S/C22H38N4O3.HI/c1-5-23-22(24-12-9-18-7-6-8-20(28-4)21(18)27)25-19-10-13-26(14-11-19)15-16-29-17(2)3;/h6-8,17,19,27H,5,9-16H2,1-4H3,(H2,23,24,25);1H. The summed E-state index contributed by atoms with van der Waals surface area (Å²) in [4.78, 5) is 7.16. The van der Waals surface area contributed by atoms with Gasteiger partial charge in [-0.3, -0.25) is 4.99 Å². The van der Waals surface area contributed by atoms with Crippen LogP contribution in [0.5, 0.6) is 11.5 Å². The molecule has 0 aliphatic carbocycles. The lowest BCUT2D eigenvalue weighted by atomic mass is 10.1. The van der Waals surface area contributed by atoms with Crippen LogP contribution >= 0.6 is 24.0 Å². The molecule has 1 aliphatic heterocycles. The molecule has 0 saturated carbocycles. The molecule has 3 N–H and O–H groups in total. The van der Waals surface area contributed by atoms with E-state index >= 15 is 0 Å². The summed E-state index contributed by atoms with van der Waals surface area (Å²) in [6, 6.07) is 5.99. The average Bonchev–Trinajstić information content (AvgIpc) is 2.70. The van der Waals surface area contributed by atoms with Gasteiger partial charge in [-0.15, -0.1) is 24.0 Å². The van der Waals surface area contributed by atoms with Gasteiger partial charge in [0.1, 0.15) is 0 Å². The van der Waals surface area contributed by atoms with Crippen molar-refractivity contribution in [2.24, 2.45) is 4.99 Å². The van der Waals surface area contributed by atoms with Gasteiger partial charge in [-0.1, -0.05) is 12.1 Å². The number of nitrogens with one attached hydrogen (secondary N) is 2. The zero-order valence-electron chi connectivity index (χ0n) is 18.8. The molecule has 0 unspecified atom stereocenters. The molecule has 1 aromatic rings. The fourth-order valence-electron chi connectivity index (χ4n) is 3.45. The molecule has 172 valence electrons. The molecule has 0 spiro atoms. The fourth-order valence-corrected chi connectivity index (χ4v) is 3.45. The molecular weight excluding hydrogens is 495 g/mol. The Kier molecular flexibility index (Phi) is 13.1. The van der Waals surface area contributed by atoms with Crippen molar-refractivity contribution >= 4 is 29.9 Å². The van der Waals surface area contributed by atoms with Crippen molar-refractivity contribution in [2.75, 3.05) is 46.4 Å². The number of halogens is 1. The molecule has 1 fully saturated rings. The summed E-state index contributed by atoms with van der Waals surface area (Å²) in [6.45, 7) is 11.6. The van der Waals surface area contributed by atoms with Gasteiger partial charge in [-0.25, -0.2) is 0 Å². The Morgan fingerprint density at radius 1 is 1.30 bits per heavy atom. The Morgan fingerprint density at radius 3 is 2.67 bits per heavy atom. The van der Waals surface area contributed by atoms with Crippen LogP contribution < -0.4 is 15.4 Å². The number of para-hydroxylation sites is 1. The molecular formula is C22H39IN4O3. The highest BCUT2D eigenvalue weighted by Crippen LogP contribution is 2.29. The molecule has 0 amide bonds. The third-order valence-corrected chi connectivity index (χ3v) is 5.08. The molecule has 0 radical (unpaired) electrons. The van der Waals surface area contributed by atoms with Crippen LogP contribution in [-0.4, -0.2) is 74.6 Å². The number of guanidine groups is 1. The second-order valence-corrected chi connectivity index (χ2v) is 7.66. The number of aliphatic imine (C=N–C) groups is 1. The summed E-state index contributed by atoms with van der Waals surface area (Å²) < 4.78 is 10.8. The zero-order valence-corrected chi connectivity index (χ0v) is 21.1. The number of benzene rings is 1. The summed E-state index contributed by atoms with van der Waals surface area (Å²) in [5.74, 6) is 1.55. The SMILES string of the molecule is CCNC(=NCCc1cccc(OC)c1O)NC1CCN(CCOC(C)C)CC1.I. The number of ether oxygens (including phenoxy) is 2. The molecule has 1 aliphatic rings. The van der Waals surface area contributed by atoms with Gasteiger partial charge in [0, 0.05) is 38.8 Å². The van der Waals surface area contributed by atoms with Gasteiger partial charge in [0.2, 0.25) is 0 Å². The minimum Gasteiger partial charge on any atom is -0.504 e. The van der Waals surface area contributed by atoms with E-state index in [4.69, 9.17) is 14.5 Å². The maximum Gasteiger partial charge on any atom is 0.191 e. The smallest absolute Gasteiger partial charge is 0.191 e. The number of nitrogens with zero attached hydrogens (tertiary/aromatic N) is 2. The second-order valence-electron chi connectivity index (χ2n) is 7.66. The molecule has 0 bridgehead atoms. The van der Waals surface area contributed by atoms with Gasteiger partial charge in [-0.05, 0) is 51.7 Å². The molecule has 2 rings (SSSR count). The number of aromatic hydroxyl groups is 1. The first-order valence-electron chi connectivity index (χ1n) is 10.8. The first kappa shape index (κ1) is 26.8. The normalized spacial score (nSPS) is 15.7. The first-order valence-corrected chi connectivity index (χ1v) is 10.8. The Hall–Kier alpha value is -1.26. The molecule has 1 saturated heterocycles. The van der Waals surface area contributed by atoms with Gasteiger partial charge < -0.3 is 30.1 Å². The maximum absolute atomic E-state index is 10.2. The third-order valence-electron chi connectivity index (χ3n) is 5.08. The van der Waals surface area contributed by atoms with Crippen LogP contribution in [-0.2, 0) is 11.2 Å². The van der Waals surface area contributed by atoms with E-state index in [1.807, 2.05) is 12.1 Å². The Balaban J connectivity index is 0.00000450. The van der Waals surface area contributed by atoms with E-state index in [1.54, 1.807) is 13.2 Å². The molecule has 0 aromatic heterocycles. The Morgan fingerprint density at radius 2 is 2.03 bits per heavy atom. The van der Waals surface area contributed by atoms with Crippen molar-refractivity contribution < 1.29 is 14.6 Å². The van der Waals surface area contributed by atoms with E-state index in [0.717, 1.165) is 57.2 Å². The number of phenolic OH excluding ortho intramolecular Hbond substituents is 1. The van der Waals surface area contributed by atoms with Crippen molar-refractivity contribution in [2.45, 2.75) is 52.2 Å². The number of likely N-dealkylation sites (tertiary alicyclic amines) is 1. The van der Waals surface area contributed by atoms with Crippen LogP contribution in [0, 0.1) is 0 Å². The molecule has 8 heteroatoms. The number of phenols is 1. The molecule has 1 aromatic carbocycles. The van der Waals surface area contributed by atoms with E-state index in [-0.39, 0.29) is 29.7 Å². The van der Waals surface area contributed by atoms with Crippen molar-refractivity contribution in [3.63, 3.8) is 0 Å². The molecule has 1 heterocycles. The van der Waals surface area contributed by atoms with Crippen molar-refractivity contribution in [1.29, 1.82) is 0 Å². The van der Waals surface area contributed by atoms with E-state index in [0.29, 0.717) is 30.9 Å². The maximum atomic E-state index is 10.2. The number of hydrogen-bond donors (Lipinski definition) is 3. The minimum atomic E-state index is 0. The minimum absolute atomic E-state index is 0. The Labute approximate surface area is 198 Å². The lowest BCUT2D eigenvalue weighted by molar-refractivity contribution is 0.0532. The van der Waals surface area contributed by atoms with Gasteiger partial charge in [-0.2, -0.15) is 0 Å². The second kappa shape index (κ2) is 14.7. The van der Waals surface area contributed by atoms with E-state index in [1.165, 1.54) is 0 Å². The van der Waals surface area contributed by atoms with E-state index in [9.17, 15) is 5.11 Å². The summed E-state index contributed by atoms with van der Waals surface area (Å²) >= 11 is 0. The molecule has 7 nitrogen and oxygen atoms in total. The van der Waals surface area contributed by atoms with Gasteiger partial charge in [0.15, 0.2) is 17.5 Å². The van der Waals surface area contributed by atoms with Crippen molar-refractivity contribution in [1.82, 2.24) is 15.5 Å². The quantitative estimate of drug-likeness (QED) is 0.244. The highest BCUT2D eigenvalue weighted by Gasteiger charge is 2.19. The van der Waals surface area contributed by atoms with Gasteiger partial charge >= 0.3 is 0 Å². The van der Waals surface area contributed by atoms with Crippen molar-refractivity contribution in [3.05, 3.63) is 23.8 Å². The average molecular weight is 534 g/mol. The molecule has 30 heavy (non-hydrogen) atoms. The summed E-state index contributed by atoms with van der Waals surface area (Å²) in [5.41, 5.74) is 0.848. The van der Waals surface area contributed by atoms with Crippen LogP contribution in [0.4, 0.5) is 0 Å². The highest BCUT2D eigenvalue weighted by atomic mass is 127. The summed E-state index contributed by atoms with van der Waals surface area (Å²) in [6.07, 6.45) is 3.16. The first-order chi connectivity index (χ1) is 14.0. The lowest BCUT2D eigenvalue weighted by Crippen LogP contribution is -2.49. The van der Waals surface area contributed by atoms with Crippen LogP contribution in [0.3, 0.4) is 0 Å². The van der Waals surface area contributed by atoms with Gasteiger partial charge in [0.25, 0.3) is 0 Å². The van der Waals surface area contributed by atoms with E-state index < -0.39 is 0 Å². The van der Waals surface area contributed by atoms with Crippen LogP contribution in [0.1, 0.15) is 39.2 Å². The fraction of sp³-hybridized carbons (Fsp3) is 0.682. The predicted molar refractivity (Wildman–Crippen MR) is 133 cm³/mol. The number of methoxy groups -OCH3 is 1. The Bertz CT molecular complexity index is 635. The van der Waals surface area contributed by atoms with Crippen LogP contribution in [0.25, 0.3) is 0 Å². The molecule has 0 atom stereocenters. The van der Waals surface area contributed by atoms with E-state index in [2.05, 4.69) is 36.3 Å². The number of rotatable bonds is 10. The number of hydrogen-bond acceptors (Lipinski definition) is 5. The van der Waals surface area contributed by atoms with Crippen LogP contribution in [0.15, 0.2) is 23.2 Å². The zero-order chi connectivity index (χ0) is 21.1. The third kappa shape index (κ3) is 9.26. The lowest BCUT2D eigenvalue weighted by Gasteiger charge is -2.33. The topological polar surface area (TPSA) is 78.4 Å². The van der Waals surface area contributed by atoms with Crippen LogP contribution in [0.2, 0.25) is 0 Å². The highest BCUT2D eigenvalue weighted by molar-refractivity contribution is 14.0. The summed E-state index contributed by atoms with van der Waals surface area (Å²) in [5, 5.41) is 17.1. The summed E-state index contributed by atoms with van der Waals surface area (Å²) in [7, 11) is 1.56. The van der Waals surface area contributed by atoms with Gasteiger partial charge in [0.05, 0.1) is 19.8 Å². The number of piperidine rings is 1.